The first kappa shape index (κ1) is 17.2. The molecule has 1 aromatic rings. The second-order valence-corrected chi connectivity index (χ2v) is 5.25. The zero-order valence-corrected chi connectivity index (χ0v) is 13.3. The molecule has 0 heterocycles. The van der Waals surface area contributed by atoms with Crippen molar-refractivity contribution in [3.8, 4) is 0 Å². The fourth-order valence-corrected chi connectivity index (χ4v) is 2.53. The Labute approximate surface area is 123 Å². The van der Waals surface area contributed by atoms with Crippen molar-refractivity contribution in [2.45, 2.75) is 57.9 Å². The van der Waals surface area contributed by atoms with Gasteiger partial charge in [-0.25, -0.2) is 0 Å². The lowest BCUT2D eigenvalue weighted by Crippen LogP contribution is -2.41. The van der Waals surface area contributed by atoms with Crippen molar-refractivity contribution in [3.05, 3.63) is 35.9 Å². The largest absolute Gasteiger partial charge is 0.354 e. The van der Waals surface area contributed by atoms with Gasteiger partial charge < -0.3 is 14.8 Å². The second-order valence-electron chi connectivity index (χ2n) is 5.25. The number of rotatable bonds is 10. The molecule has 0 saturated carbocycles. The van der Waals surface area contributed by atoms with Crippen molar-refractivity contribution in [2.75, 3.05) is 14.2 Å². The predicted molar refractivity (Wildman–Crippen MR) is 83.7 cm³/mol. The number of hydrogen-bond acceptors (Lipinski definition) is 3. The molecule has 0 aliphatic rings. The first-order chi connectivity index (χ1) is 9.72. The summed E-state index contributed by atoms with van der Waals surface area (Å²) in [6, 6.07) is 11.1. The van der Waals surface area contributed by atoms with Crippen LogP contribution < -0.4 is 5.32 Å². The molecule has 3 nitrogen and oxygen atoms in total. The monoisotopic (exact) mass is 279 g/mol. The molecular weight excluding hydrogens is 250 g/mol. The first-order valence-corrected chi connectivity index (χ1v) is 7.59. The maximum absolute atomic E-state index is 5.34. The molecule has 0 saturated heterocycles. The minimum Gasteiger partial charge on any atom is -0.354 e. The van der Waals surface area contributed by atoms with Gasteiger partial charge in [0.2, 0.25) is 0 Å². The normalized spacial score (nSPS) is 14.4. The Morgan fingerprint density at radius 2 is 1.70 bits per heavy atom. The molecule has 0 aromatic heterocycles. The molecule has 0 aliphatic carbocycles. The van der Waals surface area contributed by atoms with Gasteiger partial charge in [0.05, 0.1) is 6.04 Å². The van der Waals surface area contributed by atoms with Crippen LogP contribution in [0, 0.1) is 0 Å². The summed E-state index contributed by atoms with van der Waals surface area (Å²) < 4.78 is 10.7. The zero-order chi connectivity index (χ0) is 14.8. The van der Waals surface area contributed by atoms with E-state index in [9.17, 15) is 0 Å². The van der Waals surface area contributed by atoms with Crippen LogP contribution in [0.4, 0.5) is 0 Å². The van der Waals surface area contributed by atoms with Crippen LogP contribution in [0.3, 0.4) is 0 Å². The SMILES string of the molecule is CCCCCC(NC(C)C(OC)OC)c1ccccc1. The van der Waals surface area contributed by atoms with Gasteiger partial charge in [-0.2, -0.15) is 0 Å². The maximum atomic E-state index is 5.34. The molecule has 1 N–H and O–H groups in total. The summed E-state index contributed by atoms with van der Waals surface area (Å²) in [6.45, 7) is 4.34. The first-order valence-electron chi connectivity index (χ1n) is 7.59. The Morgan fingerprint density at radius 1 is 1.05 bits per heavy atom. The van der Waals surface area contributed by atoms with Crippen molar-refractivity contribution in [1.29, 1.82) is 0 Å². The summed E-state index contributed by atoms with van der Waals surface area (Å²) in [5.74, 6) is 0. The van der Waals surface area contributed by atoms with Crippen LogP contribution in [0.25, 0.3) is 0 Å². The summed E-state index contributed by atoms with van der Waals surface area (Å²) >= 11 is 0. The van der Waals surface area contributed by atoms with E-state index >= 15 is 0 Å². The fraction of sp³-hybridized carbons (Fsp3) is 0.647. The third-order valence-electron chi connectivity index (χ3n) is 3.64. The highest BCUT2D eigenvalue weighted by molar-refractivity contribution is 5.19. The van der Waals surface area contributed by atoms with E-state index in [1.165, 1.54) is 24.8 Å². The maximum Gasteiger partial charge on any atom is 0.171 e. The lowest BCUT2D eigenvalue weighted by molar-refractivity contribution is -0.121. The van der Waals surface area contributed by atoms with Gasteiger partial charge in [0.15, 0.2) is 6.29 Å². The highest BCUT2D eigenvalue weighted by Gasteiger charge is 2.20. The van der Waals surface area contributed by atoms with Gasteiger partial charge in [0, 0.05) is 20.3 Å². The number of unbranched alkanes of at least 4 members (excludes halogenated alkanes) is 2. The standard InChI is InChI=1S/C17H29NO2/c1-5-6-8-13-16(15-11-9-7-10-12-15)18-14(2)17(19-3)20-4/h7,9-12,14,16-18H,5-6,8,13H2,1-4H3. The molecule has 20 heavy (non-hydrogen) atoms. The second kappa shape index (κ2) is 9.92. The molecule has 2 atom stereocenters. The zero-order valence-electron chi connectivity index (χ0n) is 13.3. The highest BCUT2D eigenvalue weighted by Crippen LogP contribution is 2.21. The molecular formula is C17H29NO2. The number of hydrogen-bond donors (Lipinski definition) is 1. The average molecular weight is 279 g/mol. The fourth-order valence-electron chi connectivity index (χ4n) is 2.53. The van der Waals surface area contributed by atoms with Crippen molar-refractivity contribution in [2.24, 2.45) is 0 Å². The quantitative estimate of drug-likeness (QED) is 0.520. The molecule has 0 amide bonds. The summed E-state index contributed by atoms with van der Waals surface area (Å²) in [5.41, 5.74) is 1.33. The van der Waals surface area contributed by atoms with Crippen LogP contribution >= 0.6 is 0 Å². The van der Waals surface area contributed by atoms with Crippen LogP contribution in [-0.4, -0.2) is 26.6 Å². The number of benzene rings is 1. The topological polar surface area (TPSA) is 30.5 Å². The summed E-state index contributed by atoms with van der Waals surface area (Å²) in [5, 5.41) is 3.64. The van der Waals surface area contributed by atoms with E-state index in [0.29, 0.717) is 6.04 Å². The van der Waals surface area contributed by atoms with E-state index in [4.69, 9.17) is 9.47 Å². The van der Waals surface area contributed by atoms with Gasteiger partial charge in [-0.05, 0) is 18.9 Å². The Hall–Kier alpha value is -0.900. The number of ether oxygens (including phenoxy) is 2. The van der Waals surface area contributed by atoms with Gasteiger partial charge in [-0.1, -0.05) is 56.5 Å². The van der Waals surface area contributed by atoms with Crippen molar-refractivity contribution < 1.29 is 9.47 Å². The Morgan fingerprint density at radius 3 is 2.25 bits per heavy atom. The van der Waals surface area contributed by atoms with Crippen molar-refractivity contribution in [3.63, 3.8) is 0 Å². The van der Waals surface area contributed by atoms with Crippen LogP contribution in [-0.2, 0) is 9.47 Å². The van der Waals surface area contributed by atoms with Crippen LogP contribution in [0.5, 0.6) is 0 Å². The highest BCUT2D eigenvalue weighted by atomic mass is 16.7. The van der Waals surface area contributed by atoms with Gasteiger partial charge in [-0.15, -0.1) is 0 Å². The molecule has 1 aromatic carbocycles. The molecule has 0 spiro atoms. The molecule has 2 unspecified atom stereocenters. The van der Waals surface area contributed by atoms with Crippen molar-refractivity contribution in [1.82, 2.24) is 5.32 Å². The average Bonchev–Trinajstić information content (AvgIpc) is 2.48. The van der Waals surface area contributed by atoms with E-state index in [2.05, 4.69) is 49.5 Å². The van der Waals surface area contributed by atoms with Gasteiger partial charge >= 0.3 is 0 Å². The smallest absolute Gasteiger partial charge is 0.171 e. The summed E-state index contributed by atoms with van der Waals surface area (Å²) in [4.78, 5) is 0. The Kier molecular flexibility index (Phi) is 8.51. The van der Waals surface area contributed by atoms with E-state index in [1.54, 1.807) is 14.2 Å². The lowest BCUT2D eigenvalue weighted by atomic mass is 9.99. The number of nitrogens with one attached hydrogen (secondary N) is 1. The molecule has 0 fully saturated rings. The van der Waals surface area contributed by atoms with Gasteiger partial charge in [-0.3, -0.25) is 0 Å². The van der Waals surface area contributed by atoms with Crippen LogP contribution in [0.1, 0.15) is 51.1 Å². The Bertz CT molecular complexity index is 338. The van der Waals surface area contributed by atoms with E-state index < -0.39 is 0 Å². The summed E-state index contributed by atoms with van der Waals surface area (Å²) in [6.07, 6.45) is 4.68. The minimum atomic E-state index is -0.215. The molecule has 114 valence electrons. The number of methoxy groups -OCH3 is 2. The summed E-state index contributed by atoms with van der Waals surface area (Å²) in [7, 11) is 3.36. The molecule has 0 aliphatic heterocycles. The van der Waals surface area contributed by atoms with E-state index in [0.717, 1.165) is 6.42 Å². The van der Waals surface area contributed by atoms with E-state index in [-0.39, 0.29) is 12.3 Å². The molecule has 3 heteroatoms. The molecule has 0 radical (unpaired) electrons. The minimum absolute atomic E-state index is 0.150. The van der Waals surface area contributed by atoms with E-state index in [1.807, 2.05) is 0 Å². The Balaban J connectivity index is 2.67. The van der Waals surface area contributed by atoms with Gasteiger partial charge in [0.25, 0.3) is 0 Å². The van der Waals surface area contributed by atoms with Crippen LogP contribution in [0.2, 0.25) is 0 Å². The lowest BCUT2D eigenvalue weighted by Gasteiger charge is -2.28. The third-order valence-corrected chi connectivity index (χ3v) is 3.64. The predicted octanol–water partition coefficient (Wildman–Crippen LogP) is 3.91. The molecule has 1 rings (SSSR count). The van der Waals surface area contributed by atoms with Gasteiger partial charge in [0.1, 0.15) is 0 Å². The van der Waals surface area contributed by atoms with Crippen LogP contribution in [0.15, 0.2) is 30.3 Å². The van der Waals surface area contributed by atoms with Crippen molar-refractivity contribution >= 4 is 0 Å². The third kappa shape index (κ3) is 5.61. The molecule has 0 bridgehead atoms.